The maximum absolute atomic E-state index is 13.1. The second-order valence-corrected chi connectivity index (χ2v) is 3.88. The Bertz CT molecular complexity index is 212. The summed E-state index contributed by atoms with van der Waals surface area (Å²) in [6, 6.07) is 0. The van der Waals surface area contributed by atoms with Crippen molar-refractivity contribution in [1.82, 2.24) is 5.32 Å². The molecule has 0 fully saturated rings. The summed E-state index contributed by atoms with van der Waals surface area (Å²) in [6.07, 6.45) is -4.57. The van der Waals surface area contributed by atoms with E-state index >= 15 is 0 Å². The molecular formula is C10H18F3NO2. The zero-order chi connectivity index (χ0) is 12.7. The Labute approximate surface area is 93.0 Å². The summed E-state index contributed by atoms with van der Waals surface area (Å²) in [5.41, 5.74) is 0. The van der Waals surface area contributed by atoms with Crippen molar-refractivity contribution in [2.24, 2.45) is 5.92 Å². The van der Waals surface area contributed by atoms with Gasteiger partial charge in [-0.1, -0.05) is 6.92 Å². The van der Waals surface area contributed by atoms with Gasteiger partial charge in [-0.05, 0) is 19.8 Å². The third-order valence-electron chi connectivity index (χ3n) is 2.21. The van der Waals surface area contributed by atoms with E-state index in [1.54, 1.807) is 6.92 Å². The van der Waals surface area contributed by atoms with Crippen LogP contribution in [0.2, 0.25) is 0 Å². The van der Waals surface area contributed by atoms with Crippen molar-refractivity contribution >= 4 is 5.91 Å². The molecule has 0 aromatic carbocycles. The predicted octanol–water partition coefficient (Wildman–Crippen LogP) is 1.50. The van der Waals surface area contributed by atoms with E-state index in [9.17, 15) is 18.0 Å². The summed E-state index contributed by atoms with van der Waals surface area (Å²) in [5, 5.41) is 11.1. The maximum Gasteiger partial charge on any atom is 0.255 e. The molecule has 3 unspecified atom stereocenters. The quantitative estimate of drug-likeness (QED) is 0.664. The van der Waals surface area contributed by atoms with Crippen molar-refractivity contribution in [3.8, 4) is 0 Å². The standard InChI is InChI=1S/C10H18F3NO2/c1-6(15)4-3-5-14-10(16)8(11)7(2)9(12)13/h6-9,15H,3-5H2,1-2H3,(H,14,16). The molecule has 96 valence electrons. The van der Waals surface area contributed by atoms with Crippen LogP contribution in [0.15, 0.2) is 0 Å². The van der Waals surface area contributed by atoms with Crippen LogP contribution in [0.4, 0.5) is 13.2 Å². The fourth-order valence-electron chi connectivity index (χ4n) is 1.07. The largest absolute Gasteiger partial charge is 0.393 e. The van der Waals surface area contributed by atoms with E-state index in [4.69, 9.17) is 5.11 Å². The lowest BCUT2D eigenvalue weighted by atomic mass is 10.1. The second kappa shape index (κ2) is 7.49. The number of carbonyl (C=O) groups is 1. The van der Waals surface area contributed by atoms with Gasteiger partial charge in [-0.15, -0.1) is 0 Å². The van der Waals surface area contributed by atoms with E-state index in [1.165, 1.54) is 0 Å². The number of aliphatic hydroxyl groups is 1. The number of amides is 1. The summed E-state index contributed by atoms with van der Waals surface area (Å²) in [6.45, 7) is 2.77. The monoisotopic (exact) mass is 241 g/mol. The Morgan fingerprint density at radius 1 is 1.31 bits per heavy atom. The maximum atomic E-state index is 13.1. The molecule has 6 heteroatoms. The smallest absolute Gasteiger partial charge is 0.255 e. The molecule has 0 saturated heterocycles. The third-order valence-corrected chi connectivity index (χ3v) is 2.21. The van der Waals surface area contributed by atoms with E-state index < -0.39 is 30.5 Å². The molecule has 16 heavy (non-hydrogen) atoms. The third kappa shape index (κ3) is 5.95. The molecule has 0 aliphatic heterocycles. The molecule has 0 radical (unpaired) electrons. The van der Waals surface area contributed by atoms with Gasteiger partial charge in [0.2, 0.25) is 6.43 Å². The van der Waals surface area contributed by atoms with Crippen LogP contribution in [0.1, 0.15) is 26.7 Å². The van der Waals surface area contributed by atoms with Gasteiger partial charge in [0.25, 0.3) is 5.91 Å². The van der Waals surface area contributed by atoms with Gasteiger partial charge in [-0.2, -0.15) is 0 Å². The molecule has 3 nitrogen and oxygen atoms in total. The molecule has 0 spiro atoms. The molecule has 2 N–H and O–H groups in total. The SMILES string of the molecule is CC(O)CCCNC(=O)C(F)C(C)C(F)F. The lowest BCUT2D eigenvalue weighted by Crippen LogP contribution is -2.38. The van der Waals surface area contributed by atoms with Crippen molar-refractivity contribution in [2.45, 2.75) is 45.4 Å². The molecule has 1 amide bonds. The Kier molecular flexibility index (Phi) is 7.12. The van der Waals surface area contributed by atoms with Gasteiger partial charge in [-0.25, -0.2) is 13.2 Å². The molecule has 0 aliphatic carbocycles. The molecule has 0 aromatic rings. The highest BCUT2D eigenvalue weighted by molar-refractivity contribution is 5.80. The summed E-state index contributed by atoms with van der Waals surface area (Å²) in [4.78, 5) is 11.1. The van der Waals surface area contributed by atoms with E-state index in [2.05, 4.69) is 5.32 Å². The zero-order valence-electron chi connectivity index (χ0n) is 9.42. The average Bonchev–Trinajstić information content (AvgIpc) is 2.21. The van der Waals surface area contributed by atoms with Gasteiger partial charge in [0, 0.05) is 6.54 Å². The van der Waals surface area contributed by atoms with Crippen molar-refractivity contribution in [3.05, 3.63) is 0 Å². The Hall–Kier alpha value is -0.780. The van der Waals surface area contributed by atoms with E-state index in [0.29, 0.717) is 12.8 Å². The number of halogens is 3. The van der Waals surface area contributed by atoms with Crippen LogP contribution >= 0.6 is 0 Å². The van der Waals surface area contributed by atoms with Gasteiger partial charge >= 0.3 is 0 Å². The van der Waals surface area contributed by atoms with Crippen LogP contribution < -0.4 is 5.32 Å². The van der Waals surface area contributed by atoms with Crippen LogP contribution in [0, 0.1) is 5.92 Å². The van der Waals surface area contributed by atoms with Gasteiger partial charge in [0.05, 0.1) is 12.0 Å². The first-order valence-corrected chi connectivity index (χ1v) is 5.24. The number of rotatable bonds is 7. The molecule has 3 atom stereocenters. The Morgan fingerprint density at radius 2 is 1.88 bits per heavy atom. The summed E-state index contributed by atoms with van der Waals surface area (Å²) in [7, 11) is 0. The molecule has 0 saturated carbocycles. The lowest BCUT2D eigenvalue weighted by Gasteiger charge is -2.15. The summed E-state index contributed by atoms with van der Waals surface area (Å²) < 4.78 is 37.2. The van der Waals surface area contributed by atoms with E-state index in [1.807, 2.05) is 0 Å². The lowest BCUT2D eigenvalue weighted by molar-refractivity contribution is -0.130. The summed E-state index contributed by atoms with van der Waals surface area (Å²) in [5.74, 6) is -2.62. The molecular weight excluding hydrogens is 223 g/mol. The fourth-order valence-corrected chi connectivity index (χ4v) is 1.07. The minimum absolute atomic E-state index is 0.181. The average molecular weight is 241 g/mol. The van der Waals surface area contributed by atoms with Crippen LogP contribution in [0.5, 0.6) is 0 Å². The number of aliphatic hydroxyl groups excluding tert-OH is 1. The fraction of sp³-hybridized carbons (Fsp3) is 0.900. The Balaban J connectivity index is 3.80. The highest BCUT2D eigenvalue weighted by Crippen LogP contribution is 2.16. The van der Waals surface area contributed by atoms with Gasteiger partial charge in [-0.3, -0.25) is 4.79 Å². The number of hydrogen-bond donors (Lipinski definition) is 2. The molecule has 0 aliphatic rings. The minimum Gasteiger partial charge on any atom is -0.393 e. The number of nitrogens with one attached hydrogen (secondary N) is 1. The van der Waals surface area contributed by atoms with E-state index in [-0.39, 0.29) is 6.54 Å². The highest BCUT2D eigenvalue weighted by Gasteiger charge is 2.30. The number of carbonyl (C=O) groups excluding carboxylic acids is 1. The normalized spacial score (nSPS) is 16.9. The van der Waals surface area contributed by atoms with Gasteiger partial charge < -0.3 is 10.4 Å². The highest BCUT2D eigenvalue weighted by atomic mass is 19.3. The van der Waals surface area contributed by atoms with Crippen molar-refractivity contribution < 1.29 is 23.1 Å². The van der Waals surface area contributed by atoms with Crippen LogP contribution in [0.3, 0.4) is 0 Å². The number of alkyl halides is 3. The van der Waals surface area contributed by atoms with Crippen molar-refractivity contribution in [2.75, 3.05) is 6.54 Å². The first-order chi connectivity index (χ1) is 7.36. The topological polar surface area (TPSA) is 49.3 Å². The summed E-state index contributed by atoms with van der Waals surface area (Å²) >= 11 is 0. The van der Waals surface area contributed by atoms with Gasteiger partial charge in [0.1, 0.15) is 0 Å². The minimum atomic E-state index is -2.85. The van der Waals surface area contributed by atoms with Gasteiger partial charge in [0.15, 0.2) is 6.17 Å². The first kappa shape index (κ1) is 15.2. The Morgan fingerprint density at radius 3 is 2.31 bits per heavy atom. The van der Waals surface area contributed by atoms with Crippen LogP contribution in [0.25, 0.3) is 0 Å². The van der Waals surface area contributed by atoms with Crippen molar-refractivity contribution in [3.63, 3.8) is 0 Å². The van der Waals surface area contributed by atoms with Crippen molar-refractivity contribution in [1.29, 1.82) is 0 Å². The van der Waals surface area contributed by atoms with E-state index in [0.717, 1.165) is 6.92 Å². The number of hydrogen-bond acceptors (Lipinski definition) is 2. The molecule has 0 aromatic heterocycles. The molecule has 0 rings (SSSR count). The molecule has 0 heterocycles. The zero-order valence-corrected chi connectivity index (χ0v) is 9.42. The molecule has 0 bridgehead atoms. The van der Waals surface area contributed by atoms with Crippen LogP contribution in [-0.2, 0) is 4.79 Å². The predicted molar refractivity (Wildman–Crippen MR) is 54.0 cm³/mol. The second-order valence-electron chi connectivity index (χ2n) is 3.88. The first-order valence-electron chi connectivity index (χ1n) is 5.24. The van der Waals surface area contributed by atoms with Crippen LogP contribution in [-0.4, -0.2) is 36.3 Å².